The summed E-state index contributed by atoms with van der Waals surface area (Å²) < 4.78 is 5.59. The molecule has 1 saturated heterocycles. The van der Waals surface area contributed by atoms with Crippen molar-refractivity contribution in [1.29, 1.82) is 0 Å². The number of piperidine rings is 1. The van der Waals surface area contributed by atoms with Crippen molar-refractivity contribution in [1.82, 2.24) is 15.2 Å². The lowest BCUT2D eigenvalue weighted by Gasteiger charge is -2.32. The van der Waals surface area contributed by atoms with Crippen LogP contribution in [0.5, 0.6) is 0 Å². The van der Waals surface area contributed by atoms with Crippen molar-refractivity contribution in [2.45, 2.75) is 46.0 Å². The van der Waals surface area contributed by atoms with Crippen molar-refractivity contribution in [2.75, 3.05) is 19.6 Å². The van der Waals surface area contributed by atoms with Gasteiger partial charge in [0, 0.05) is 25.0 Å². The maximum atomic E-state index is 12.7. The van der Waals surface area contributed by atoms with Crippen molar-refractivity contribution in [3.05, 3.63) is 29.0 Å². The van der Waals surface area contributed by atoms with E-state index >= 15 is 0 Å². The zero-order valence-corrected chi connectivity index (χ0v) is 16.8. The molecule has 27 heavy (non-hydrogen) atoms. The number of aryl methyl sites for hydroxylation is 1. The highest BCUT2D eigenvalue weighted by Crippen LogP contribution is 2.26. The number of amides is 2. The number of nitrogens with one attached hydrogen (secondary N) is 1. The normalized spacial score (nSPS) is 17.1. The number of aromatic nitrogens is 1. The first-order valence-corrected chi connectivity index (χ1v) is 10.5. The van der Waals surface area contributed by atoms with Crippen LogP contribution in [0.4, 0.5) is 0 Å². The topological polar surface area (TPSA) is 75.4 Å². The summed E-state index contributed by atoms with van der Waals surface area (Å²) in [5, 5.41) is 5.68. The molecule has 146 valence electrons. The summed E-state index contributed by atoms with van der Waals surface area (Å²) in [6.07, 6.45) is 4.03. The van der Waals surface area contributed by atoms with Gasteiger partial charge in [0.25, 0.3) is 0 Å². The predicted molar refractivity (Wildman–Crippen MR) is 105 cm³/mol. The van der Waals surface area contributed by atoms with Crippen molar-refractivity contribution in [2.24, 2.45) is 5.92 Å². The largest absolute Gasteiger partial charge is 0.459 e. The van der Waals surface area contributed by atoms with Crippen molar-refractivity contribution >= 4 is 23.2 Å². The minimum absolute atomic E-state index is 0.0357. The summed E-state index contributed by atoms with van der Waals surface area (Å²) in [4.78, 5) is 31.3. The first-order chi connectivity index (χ1) is 13.1. The van der Waals surface area contributed by atoms with Gasteiger partial charge in [-0.1, -0.05) is 13.3 Å². The number of rotatable bonds is 7. The number of carbonyl (C=O) groups excluding carboxylic acids is 2. The zero-order valence-electron chi connectivity index (χ0n) is 16.0. The number of nitrogens with zero attached hydrogens (tertiary/aromatic N) is 2. The summed E-state index contributed by atoms with van der Waals surface area (Å²) in [5.74, 6) is 1.59. The van der Waals surface area contributed by atoms with Crippen LogP contribution in [0.3, 0.4) is 0 Å². The van der Waals surface area contributed by atoms with E-state index in [9.17, 15) is 9.59 Å². The standard InChI is InChI=1S/C20H27N3O3S/c1-3-4-9-21-19(25)15-6-5-10-23(12-15)18(24)11-16-13-27-20(22-16)17-8-7-14(2)26-17/h7-8,13,15H,3-6,9-12H2,1-2H3,(H,21,25). The fourth-order valence-corrected chi connectivity index (χ4v) is 4.05. The maximum absolute atomic E-state index is 12.7. The molecule has 7 heteroatoms. The second-order valence-electron chi connectivity index (χ2n) is 7.05. The Morgan fingerprint density at radius 1 is 1.41 bits per heavy atom. The van der Waals surface area contributed by atoms with Crippen LogP contribution in [-0.4, -0.2) is 41.3 Å². The summed E-state index contributed by atoms with van der Waals surface area (Å²) in [5.41, 5.74) is 0.753. The molecular weight excluding hydrogens is 362 g/mol. The number of hydrogen-bond acceptors (Lipinski definition) is 5. The number of carbonyl (C=O) groups is 2. The number of likely N-dealkylation sites (tertiary alicyclic amines) is 1. The fraction of sp³-hybridized carbons (Fsp3) is 0.550. The molecule has 0 spiro atoms. The second kappa shape index (κ2) is 9.17. The van der Waals surface area contributed by atoms with Crippen LogP contribution in [0.2, 0.25) is 0 Å². The smallest absolute Gasteiger partial charge is 0.228 e. The molecule has 0 aromatic carbocycles. The van der Waals surface area contributed by atoms with E-state index in [0.29, 0.717) is 19.6 Å². The molecule has 3 rings (SSSR count). The molecule has 1 fully saturated rings. The van der Waals surface area contributed by atoms with Gasteiger partial charge < -0.3 is 14.6 Å². The molecule has 2 aromatic heterocycles. The zero-order chi connectivity index (χ0) is 19.2. The molecule has 0 saturated carbocycles. The van der Waals surface area contributed by atoms with Gasteiger partial charge in [-0.3, -0.25) is 9.59 Å². The Balaban J connectivity index is 1.54. The minimum Gasteiger partial charge on any atom is -0.459 e. The Kier molecular flexibility index (Phi) is 6.66. The van der Waals surface area contributed by atoms with Crippen molar-refractivity contribution in [3.8, 4) is 10.8 Å². The van der Waals surface area contributed by atoms with Gasteiger partial charge in [-0.25, -0.2) is 4.98 Å². The molecule has 1 aliphatic heterocycles. The van der Waals surface area contributed by atoms with E-state index in [-0.39, 0.29) is 24.2 Å². The lowest BCUT2D eigenvalue weighted by molar-refractivity contribution is -0.135. The van der Waals surface area contributed by atoms with Crippen molar-refractivity contribution in [3.63, 3.8) is 0 Å². The Morgan fingerprint density at radius 3 is 3.00 bits per heavy atom. The molecule has 0 aliphatic carbocycles. The number of unbranched alkanes of at least 4 members (excludes halogenated alkanes) is 1. The van der Waals surface area contributed by atoms with E-state index in [0.717, 1.165) is 47.9 Å². The van der Waals surface area contributed by atoms with Gasteiger partial charge in [0.15, 0.2) is 10.8 Å². The third-order valence-corrected chi connectivity index (χ3v) is 5.72. The van der Waals surface area contributed by atoms with Crippen LogP contribution in [0.15, 0.2) is 21.9 Å². The Bertz CT molecular complexity index is 783. The first kappa shape index (κ1) is 19.6. The quantitative estimate of drug-likeness (QED) is 0.737. The number of thiazole rings is 1. The molecule has 0 radical (unpaired) electrons. The molecular formula is C20H27N3O3S. The lowest BCUT2D eigenvalue weighted by Crippen LogP contribution is -2.46. The predicted octanol–water partition coefficient (Wildman–Crippen LogP) is 3.41. The van der Waals surface area contributed by atoms with Gasteiger partial charge in [0.05, 0.1) is 18.0 Å². The van der Waals surface area contributed by atoms with Gasteiger partial charge >= 0.3 is 0 Å². The third kappa shape index (κ3) is 5.19. The minimum atomic E-state index is -0.100. The summed E-state index contributed by atoms with van der Waals surface area (Å²) in [7, 11) is 0. The molecule has 2 aromatic rings. The van der Waals surface area contributed by atoms with Gasteiger partial charge in [-0.05, 0) is 38.3 Å². The maximum Gasteiger partial charge on any atom is 0.228 e. The number of furan rings is 1. The average Bonchev–Trinajstić information content (AvgIpc) is 3.31. The summed E-state index contributed by atoms with van der Waals surface area (Å²) in [6.45, 7) is 5.93. The van der Waals surface area contributed by atoms with E-state index in [1.165, 1.54) is 11.3 Å². The Labute approximate surface area is 164 Å². The Morgan fingerprint density at radius 2 is 2.26 bits per heavy atom. The monoisotopic (exact) mass is 389 g/mol. The molecule has 1 atom stereocenters. The van der Waals surface area contributed by atoms with Crippen LogP contribution >= 0.6 is 11.3 Å². The molecule has 6 nitrogen and oxygen atoms in total. The van der Waals surface area contributed by atoms with E-state index in [4.69, 9.17) is 4.42 Å². The van der Waals surface area contributed by atoms with Gasteiger partial charge in [-0.15, -0.1) is 11.3 Å². The van der Waals surface area contributed by atoms with Crippen LogP contribution < -0.4 is 5.32 Å². The van der Waals surface area contributed by atoms with Crippen LogP contribution in [0.1, 0.15) is 44.1 Å². The van der Waals surface area contributed by atoms with E-state index in [2.05, 4.69) is 17.2 Å². The summed E-state index contributed by atoms with van der Waals surface area (Å²) >= 11 is 1.48. The van der Waals surface area contributed by atoms with Crippen LogP contribution in [0.25, 0.3) is 10.8 Å². The fourth-order valence-electron chi connectivity index (χ4n) is 3.27. The molecule has 0 bridgehead atoms. The highest BCUT2D eigenvalue weighted by molar-refractivity contribution is 7.13. The second-order valence-corrected chi connectivity index (χ2v) is 7.91. The van der Waals surface area contributed by atoms with Gasteiger partial charge in [0.1, 0.15) is 5.76 Å². The van der Waals surface area contributed by atoms with Crippen LogP contribution in [-0.2, 0) is 16.0 Å². The highest BCUT2D eigenvalue weighted by atomic mass is 32.1. The SMILES string of the molecule is CCCCNC(=O)C1CCCN(C(=O)Cc2csc(-c3ccc(C)o3)n2)C1. The summed E-state index contributed by atoms with van der Waals surface area (Å²) in [6, 6.07) is 3.80. The van der Waals surface area contributed by atoms with E-state index < -0.39 is 0 Å². The van der Waals surface area contributed by atoms with Gasteiger partial charge in [0.2, 0.25) is 11.8 Å². The molecule has 1 N–H and O–H groups in total. The van der Waals surface area contributed by atoms with Crippen LogP contribution in [0, 0.1) is 12.8 Å². The van der Waals surface area contributed by atoms with E-state index in [1.54, 1.807) is 0 Å². The molecule has 1 aliphatic rings. The van der Waals surface area contributed by atoms with E-state index in [1.807, 2.05) is 29.3 Å². The highest BCUT2D eigenvalue weighted by Gasteiger charge is 2.28. The number of hydrogen-bond donors (Lipinski definition) is 1. The average molecular weight is 390 g/mol. The molecule has 1 unspecified atom stereocenters. The first-order valence-electron chi connectivity index (χ1n) is 9.63. The van der Waals surface area contributed by atoms with Crippen molar-refractivity contribution < 1.29 is 14.0 Å². The molecule has 2 amide bonds. The lowest BCUT2D eigenvalue weighted by atomic mass is 9.96. The third-order valence-electron chi connectivity index (χ3n) is 4.81. The Hall–Kier alpha value is -2.15. The molecule has 3 heterocycles. The van der Waals surface area contributed by atoms with Gasteiger partial charge in [-0.2, -0.15) is 0 Å².